The molecule has 0 saturated heterocycles. The number of anilines is 1. The van der Waals surface area contributed by atoms with Gasteiger partial charge in [-0.05, 0) is 30.9 Å². The Balaban J connectivity index is 2.18. The molecule has 2 rings (SSSR count). The first-order valence-electron chi connectivity index (χ1n) is 5.82. The van der Waals surface area contributed by atoms with Crippen molar-refractivity contribution in [2.75, 3.05) is 25.1 Å². The molecule has 17 heavy (non-hydrogen) atoms. The molecule has 1 heterocycles. The molecule has 0 fully saturated rings. The zero-order valence-electron chi connectivity index (χ0n) is 9.69. The van der Waals surface area contributed by atoms with Crippen molar-refractivity contribution in [3.8, 4) is 0 Å². The molecule has 0 aromatic carbocycles. The number of nitrogens with one attached hydrogen (secondary N) is 1. The first-order chi connectivity index (χ1) is 8.23. The minimum atomic E-state index is -1.11. The fraction of sp³-hybridized carbons (Fsp3) is 0.583. The Morgan fingerprint density at radius 2 is 1.82 bits per heavy atom. The topological polar surface area (TPSA) is 85.6 Å². The van der Waals surface area contributed by atoms with Gasteiger partial charge in [-0.3, -0.25) is 0 Å². The zero-order valence-corrected chi connectivity index (χ0v) is 9.69. The van der Waals surface area contributed by atoms with Gasteiger partial charge in [0.05, 0.1) is 19.8 Å². The van der Waals surface area contributed by atoms with E-state index in [9.17, 15) is 15.3 Å². The molecule has 1 aliphatic rings. The molecular formula is C12H18N2O3. The Kier molecular flexibility index (Phi) is 3.61. The Hall–Kier alpha value is -1.17. The summed E-state index contributed by atoms with van der Waals surface area (Å²) in [6.07, 6.45) is 3.15. The van der Waals surface area contributed by atoms with Crippen LogP contribution in [0.15, 0.2) is 12.1 Å². The van der Waals surface area contributed by atoms with Gasteiger partial charge in [-0.1, -0.05) is 6.07 Å². The van der Waals surface area contributed by atoms with E-state index in [1.165, 1.54) is 5.56 Å². The highest BCUT2D eigenvalue weighted by Gasteiger charge is 2.28. The highest BCUT2D eigenvalue weighted by Crippen LogP contribution is 2.23. The standard InChI is InChI=1S/C12H18N2O3/c15-6-12(7-16,8-17)14-11-5-4-9-2-1-3-10(9)13-11/h4-5,15-17H,1-3,6-8H2,(H,13,14). The van der Waals surface area contributed by atoms with Crippen LogP contribution in [-0.2, 0) is 12.8 Å². The molecule has 0 spiro atoms. The third kappa shape index (κ3) is 2.41. The van der Waals surface area contributed by atoms with Crippen molar-refractivity contribution in [1.29, 1.82) is 0 Å². The molecule has 94 valence electrons. The van der Waals surface area contributed by atoms with Crippen molar-refractivity contribution in [3.63, 3.8) is 0 Å². The minimum Gasteiger partial charge on any atom is -0.394 e. The molecule has 5 nitrogen and oxygen atoms in total. The molecule has 0 radical (unpaired) electrons. The molecule has 4 N–H and O–H groups in total. The van der Waals surface area contributed by atoms with Crippen LogP contribution in [0.2, 0.25) is 0 Å². The summed E-state index contributed by atoms with van der Waals surface area (Å²) in [4.78, 5) is 4.44. The van der Waals surface area contributed by atoms with Crippen LogP contribution in [0.4, 0.5) is 5.82 Å². The molecule has 0 aliphatic heterocycles. The number of hydrogen-bond donors (Lipinski definition) is 4. The van der Waals surface area contributed by atoms with E-state index in [2.05, 4.69) is 10.3 Å². The fourth-order valence-electron chi connectivity index (χ4n) is 2.03. The summed E-state index contributed by atoms with van der Waals surface area (Å²) in [6.45, 7) is -1.05. The van der Waals surface area contributed by atoms with Crippen LogP contribution in [-0.4, -0.2) is 45.7 Å². The van der Waals surface area contributed by atoms with E-state index in [-0.39, 0.29) is 19.8 Å². The number of aliphatic hydroxyl groups excluding tert-OH is 3. The molecule has 0 amide bonds. The fourth-order valence-corrected chi connectivity index (χ4v) is 2.03. The maximum absolute atomic E-state index is 9.22. The predicted octanol–water partition coefficient (Wildman–Crippen LogP) is -0.302. The van der Waals surface area contributed by atoms with Gasteiger partial charge in [0.1, 0.15) is 11.4 Å². The second-order valence-electron chi connectivity index (χ2n) is 4.54. The third-order valence-electron chi connectivity index (χ3n) is 3.23. The quantitative estimate of drug-likeness (QED) is 0.566. The van der Waals surface area contributed by atoms with Gasteiger partial charge in [0.2, 0.25) is 0 Å². The maximum atomic E-state index is 9.22. The van der Waals surface area contributed by atoms with E-state index in [4.69, 9.17) is 0 Å². The summed E-state index contributed by atoms with van der Waals surface area (Å²) < 4.78 is 0. The smallest absolute Gasteiger partial charge is 0.126 e. The lowest BCUT2D eigenvalue weighted by Gasteiger charge is -2.29. The number of rotatable bonds is 5. The van der Waals surface area contributed by atoms with Crippen LogP contribution >= 0.6 is 0 Å². The summed E-state index contributed by atoms with van der Waals surface area (Å²) in [6, 6.07) is 3.83. The van der Waals surface area contributed by atoms with Gasteiger partial charge >= 0.3 is 0 Å². The van der Waals surface area contributed by atoms with Gasteiger partial charge in [-0.2, -0.15) is 0 Å². The Labute approximate surface area is 100 Å². The minimum absolute atomic E-state index is 0.348. The van der Waals surface area contributed by atoms with Crippen molar-refractivity contribution in [2.24, 2.45) is 0 Å². The lowest BCUT2D eigenvalue weighted by molar-refractivity contribution is 0.0831. The van der Waals surface area contributed by atoms with Gasteiger partial charge in [0.25, 0.3) is 0 Å². The van der Waals surface area contributed by atoms with E-state index in [1.807, 2.05) is 12.1 Å². The van der Waals surface area contributed by atoms with E-state index < -0.39 is 5.54 Å². The van der Waals surface area contributed by atoms with Crippen LogP contribution in [0.5, 0.6) is 0 Å². The Morgan fingerprint density at radius 3 is 2.47 bits per heavy atom. The number of hydrogen-bond acceptors (Lipinski definition) is 5. The van der Waals surface area contributed by atoms with Gasteiger partial charge in [-0.15, -0.1) is 0 Å². The molecule has 1 aliphatic carbocycles. The van der Waals surface area contributed by atoms with Crippen molar-refractivity contribution in [1.82, 2.24) is 4.98 Å². The molecule has 5 heteroatoms. The maximum Gasteiger partial charge on any atom is 0.126 e. The van der Waals surface area contributed by atoms with Crippen molar-refractivity contribution in [3.05, 3.63) is 23.4 Å². The first-order valence-corrected chi connectivity index (χ1v) is 5.82. The van der Waals surface area contributed by atoms with Gasteiger partial charge < -0.3 is 20.6 Å². The second-order valence-corrected chi connectivity index (χ2v) is 4.54. The normalized spacial score (nSPS) is 14.8. The van der Waals surface area contributed by atoms with Crippen LogP contribution < -0.4 is 5.32 Å². The van der Waals surface area contributed by atoms with E-state index in [0.717, 1.165) is 25.0 Å². The van der Waals surface area contributed by atoms with Crippen LogP contribution in [0.1, 0.15) is 17.7 Å². The largest absolute Gasteiger partial charge is 0.394 e. The van der Waals surface area contributed by atoms with Crippen molar-refractivity contribution >= 4 is 5.82 Å². The van der Waals surface area contributed by atoms with Gasteiger partial charge in [-0.25, -0.2) is 4.98 Å². The summed E-state index contributed by atoms with van der Waals surface area (Å²) >= 11 is 0. The summed E-state index contributed by atoms with van der Waals surface area (Å²) in [7, 11) is 0. The predicted molar refractivity (Wildman–Crippen MR) is 63.9 cm³/mol. The second kappa shape index (κ2) is 5.00. The van der Waals surface area contributed by atoms with Crippen molar-refractivity contribution < 1.29 is 15.3 Å². The number of aliphatic hydroxyl groups is 3. The van der Waals surface area contributed by atoms with Gasteiger partial charge in [0, 0.05) is 5.69 Å². The van der Waals surface area contributed by atoms with E-state index in [0.29, 0.717) is 5.82 Å². The zero-order chi connectivity index (χ0) is 12.3. The number of pyridine rings is 1. The van der Waals surface area contributed by atoms with Crippen LogP contribution in [0, 0.1) is 0 Å². The highest BCUT2D eigenvalue weighted by molar-refractivity contribution is 5.42. The summed E-state index contributed by atoms with van der Waals surface area (Å²) in [5.74, 6) is 0.586. The van der Waals surface area contributed by atoms with E-state index in [1.54, 1.807) is 0 Å². The molecule has 0 saturated carbocycles. The van der Waals surface area contributed by atoms with Crippen LogP contribution in [0.25, 0.3) is 0 Å². The summed E-state index contributed by atoms with van der Waals surface area (Å²) in [5, 5.41) is 30.6. The molecule has 1 aromatic heterocycles. The van der Waals surface area contributed by atoms with Gasteiger partial charge in [0.15, 0.2) is 0 Å². The van der Waals surface area contributed by atoms with E-state index >= 15 is 0 Å². The van der Waals surface area contributed by atoms with Crippen molar-refractivity contribution in [2.45, 2.75) is 24.8 Å². The number of fused-ring (bicyclic) bond motifs is 1. The molecule has 1 aromatic rings. The molecule has 0 bridgehead atoms. The highest BCUT2D eigenvalue weighted by atomic mass is 16.3. The molecular weight excluding hydrogens is 220 g/mol. The lowest BCUT2D eigenvalue weighted by Crippen LogP contribution is -2.49. The summed E-state index contributed by atoms with van der Waals surface area (Å²) in [5.41, 5.74) is 1.22. The SMILES string of the molecule is OCC(CO)(CO)Nc1ccc2c(n1)CCC2. The lowest BCUT2D eigenvalue weighted by atomic mass is 10.0. The molecule has 0 atom stereocenters. The first kappa shape index (κ1) is 12.3. The van der Waals surface area contributed by atoms with Crippen LogP contribution in [0.3, 0.4) is 0 Å². The molecule has 0 unspecified atom stereocenters. The third-order valence-corrected chi connectivity index (χ3v) is 3.23. The number of aromatic nitrogens is 1. The average molecular weight is 238 g/mol. The number of aryl methyl sites for hydroxylation is 2. The Morgan fingerprint density at radius 1 is 1.12 bits per heavy atom. The average Bonchev–Trinajstić information content (AvgIpc) is 2.83. The Bertz CT molecular complexity index is 383. The number of nitrogens with zero attached hydrogens (tertiary/aromatic N) is 1. The monoisotopic (exact) mass is 238 g/mol.